The van der Waals surface area contributed by atoms with Crippen LogP contribution in [0.25, 0.3) is 0 Å². The summed E-state index contributed by atoms with van der Waals surface area (Å²) < 4.78 is 21.6. The largest absolute Gasteiger partial charge is 0.394 e. The standard InChI is InChI=1S/C12H20O10/c13-1-5-7(15)9(17)11(21-5)3-20-12(4-19-11)10(18)8(16)6(2-14)22-12/h5-10,13-18H,1-4H2/t5-,6-,7-,8-,9+,10+,11-,12+/m1/s1. The van der Waals surface area contributed by atoms with Gasteiger partial charge in [0.15, 0.2) is 0 Å². The number of hydrogen-bond acceptors (Lipinski definition) is 10. The molecule has 0 aromatic carbocycles. The minimum absolute atomic E-state index is 0.399. The molecule has 0 amide bonds. The van der Waals surface area contributed by atoms with E-state index in [0.29, 0.717) is 0 Å². The molecule has 10 nitrogen and oxygen atoms in total. The molecule has 3 saturated heterocycles. The highest BCUT2D eigenvalue weighted by molar-refractivity contribution is 5.03. The maximum absolute atomic E-state index is 10.0. The molecule has 0 radical (unpaired) electrons. The van der Waals surface area contributed by atoms with Gasteiger partial charge in [-0.2, -0.15) is 0 Å². The molecule has 8 atom stereocenters. The fourth-order valence-corrected chi connectivity index (χ4v) is 3.02. The Morgan fingerprint density at radius 2 is 1.09 bits per heavy atom. The molecule has 0 saturated carbocycles. The van der Waals surface area contributed by atoms with Crippen LogP contribution in [0.15, 0.2) is 0 Å². The Hall–Kier alpha value is -0.400. The first kappa shape index (κ1) is 16.5. The van der Waals surface area contributed by atoms with Crippen LogP contribution < -0.4 is 0 Å². The number of aliphatic hydroxyl groups excluding tert-OH is 6. The molecule has 2 spiro atoms. The molecule has 3 heterocycles. The van der Waals surface area contributed by atoms with Gasteiger partial charge in [0.1, 0.15) is 49.8 Å². The van der Waals surface area contributed by atoms with Gasteiger partial charge in [-0.3, -0.25) is 0 Å². The number of aliphatic hydroxyl groups is 6. The van der Waals surface area contributed by atoms with Crippen molar-refractivity contribution in [3.63, 3.8) is 0 Å². The van der Waals surface area contributed by atoms with Crippen LogP contribution in [0.2, 0.25) is 0 Å². The van der Waals surface area contributed by atoms with Crippen LogP contribution in [0.4, 0.5) is 0 Å². The maximum Gasteiger partial charge on any atom is 0.222 e. The van der Waals surface area contributed by atoms with E-state index in [1.807, 2.05) is 0 Å². The smallest absolute Gasteiger partial charge is 0.222 e. The first-order chi connectivity index (χ1) is 10.4. The average molecular weight is 324 g/mol. The summed E-state index contributed by atoms with van der Waals surface area (Å²) >= 11 is 0. The van der Waals surface area contributed by atoms with Crippen LogP contribution in [0, 0.1) is 0 Å². The van der Waals surface area contributed by atoms with Crippen molar-refractivity contribution < 1.29 is 49.6 Å². The number of rotatable bonds is 2. The van der Waals surface area contributed by atoms with Gasteiger partial charge in [0.25, 0.3) is 0 Å². The molecule has 3 fully saturated rings. The van der Waals surface area contributed by atoms with Crippen molar-refractivity contribution in [2.45, 2.75) is 48.2 Å². The lowest BCUT2D eigenvalue weighted by atomic mass is 10.0. The van der Waals surface area contributed by atoms with Crippen LogP contribution in [0.5, 0.6) is 0 Å². The molecule has 0 unspecified atom stereocenters. The van der Waals surface area contributed by atoms with E-state index in [-0.39, 0.29) is 0 Å². The SMILES string of the molecule is OC[C@H]1O[C@@]2(CO[C@]3(CO2)O[C@H](CO)[C@@H](O)[C@@H]3O)[C@@H](O)[C@@H]1O. The van der Waals surface area contributed by atoms with Crippen LogP contribution in [-0.4, -0.2) is 105 Å². The van der Waals surface area contributed by atoms with Gasteiger partial charge in [0.05, 0.1) is 13.2 Å². The Kier molecular flexibility index (Phi) is 4.19. The van der Waals surface area contributed by atoms with Gasteiger partial charge in [-0.05, 0) is 0 Å². The highest BCUT2D eigenvalue weighted by Crippen LogP contribution is 2.42. The van der Waals surface area contributed by atoms with E-state index < -0.39 is 74.6 Å². The third kappa shape index (κ3) is 2.19. The summed E-state index contributed by atoms with van der Waals surface area (Å²) in [6.07, 6.45) is -7.69. The maximum atomic E-state index is 10.0. The Morgan fingerprint density at radius 1 is 0.727 bits per heavy atom. The van der Waals surface area contributed by atoms with Crippen molar-refractivity contribution >= 4 is 0 Å². The quantitative estimate of drug-likeness (QED) is 0.293. The van der Waals surface area contributed by atoms with Crippen molar-refractivity contribution in [1.82, 2.24) is 0 Å². The van der Waals surface area contributed by atoms with Crippen LogP contribution in [0.1, 0.15) is 0 Å². The fourth-order valence-electron chi connectivity index (χ4n) is 3.02. The van der Waals surface area contributed by atoms with Gasteiger partial charge >= 0.3 is 0 Å². The topological polar surface area (TPSA) is 158 Å². The molecule has 3 rings (SSSR count). The third-order valence-corrected chi connectivity index (χ3v) is 4.41. The molecule has 3 aliphatic rings. The second-order valence-corrected chi connectivity index (χ2v) is 5.75. The monoisotopic (exact) mass is 324 g/mol. The Morgan fingerprint density at radius 3 is 1.32 bits per heavy atom. The van der Waals surface area contributed by atoms with Crippen molar-refractivity contribution in [3.8, 4) is 0 Å². The summed E-state index contributed by atoms with van der Waals surface area (Å²) in [5.74, 6) is -3.38. The zero-order valence-electron chi connectivity index (χ0n) is 11.6. The van der Waals surface area contributed by atoms with Crippen molar-refractivity contribution in [3.05, 3.63) is 0 Å². The summed E-state index contributed by atoms with van der Waals surface area (Å²) in [6, 6.07) is 0. The second kappa shape index (κ2) is 5.60. The molecule has 0 aromatic rings. The van der Waals surface area contributed by atoms with E-state index in [9.17, 15) is 20.4 Å². The van der Waals surface area contributed by atoms with Crippen molar-refractivity contribution in [1.29, 1.82) is 0 Å². The summed E-state index contributed by atoms with van der Waals surface area (Å²) in [7, 11) is 0. The van der Waals surface area contributed by atoms with Crippen molar-refractivity contribution in [2.24, 2.45) is 0 Å². The highest BCUT2D eigenvalue weighted by atomic mass is 16.8. The van der Waals surface area contributed by atoms with Crippen LogP contribution >= 0.6 is 0 Å². The van der Waals surface area contributed by atoms with E-state index in [0.717, 1.165) is 0 Å². The molecule has 3 aliphatic heterocycles. The van der Waals surface area contributed by atoms with E-state index in [4.69, 9.17) is 29.2 Å². The lowest BCUT2D eigenvalue weighted by molar-refractivity contribution is -0.401. The number of ether oxygens (including phenoxy) is 4. The molecule has 0 bridgehead atoms. The lowest BCUT2D eigenvalue weighted by Crippen LogP contribution is -2.62. The van der Waals surface area contributed by atoms with Gasteiger partial charge in [0, 0.05) is 0 Å². The minimum Gasteiger partial charge on any atom is -0.394 e. The molecule has 0 aromatic heterocycles. The summed E-state index contributed by atoms with van der Waals surface area (Å²) in [4.78, 5) is 0. The van der Waals surface area contributed by atoms with Gasteiger partial charge in [-0.15, -0.1) is 0 Å². The molecular weight excluding hydrogens is 304 g/mol. The predicted octanol–water partition coefficient (Wildman–Crippen LogP) is -4.35. The van der Waals surface area contributed by atoms with Crippen LogP contribution in [0.3, 0.4) is 0 Å². The van der Waals surface area contributed by atoms with Gasteiger partial charge in [-0.25, -0.2) is 0 Å². The lowest BCUT2D eigenvalue weighted by Gasteiger charge is -2.44. The summed E-state index contributed by atoms with van der Waals surface area (Å²) in [6.45, 7) is -1.83. The number of hydrogen-bond donors (Lipinski definition) is 6. The van der Waals surface area contributed by atoms with E-state index in [2.05, 4.69) is 0 Å². The average Bonchev–Trinajstić information content (AvgIpc) is 2.91. The molecule has 6 N–H and O–H groups in total. The molecule has 0 aliphatic carbocycles. The third-order valence-electron chi connectivity index (χ3n) is 4.41. The predicted molar refractivity (Wildman–Crippen MR) is 65.3 cm³/mol. The molecule has 10 heteroatoms. The second-order valence-electron chi connectivity index (χ2n) is 5.75. The van der Waals surface area contributed by atoms with Gasteiger partial charge in [-0.1, -0.05) is 0 Å². The van der Waals surface area contributed by atoms with E-state index >= 15 is 0 Å². The Labute approximate surface area is 125 Å². The molecular formula is C12H20O10. The Bertz CT molecular complexity index is 371. The molecule has 128 valence electrons. The summed E-state index contributed by atoms with van der Waals surface area (Å²) in [5, 5.41) is 57.8. The van der Waals surface area contributed by atoms with Gasteiger partial charge in [0.2, 0.25) is 11.6 Å². The van der Waals surface area contributed by atoms with Crippen LogP contribution in [-0.2, 0) is 18.9 Å². The zero-order chi connectivity index (χ0) is 16.1. The molecule has 22 heavy (non-hydrogen) atoms. The Balaban J connectivity index is 1.73. The van der Waals surface area contributed by atoms with Gasteiger partial charge < -0.3 is 49.6 Å². The fraction of sp³-hybridized carbons (Fsp3) is 1.00. The van der Waals surface area contributed by atoms with E-state index in [1.165, 1.54) is 0 Å². The van der Waals surface area contributed by atoms with Crippen molar-refractivity contribution in [2.75, 3.05) is 26.4 Å². The highest BCUT2D eigenvalue weighted by Gasteiger charge is 2.64. The van der Waals surface area contributed by atoms with E-state index in [1.54, 1.807) is 0 Å². The minimum atomic E-state index is -1.69. The zero-order valence-corrected chi connectivity index (χ0v) is 11.6. The first-order valence-electron chi connectivity index (χ1n) is 6.96. The first-order valence-corrected chi connectivity index (χ1v) is 6.96. The normalized spacial score (nSPS) is 55.4. The summed E-state index contributed by atoms with van der Waals surface area (Å²) in [5.41, 5.74) is 0.